The maximum Gasteiger partial charge on any atom is 0.220 e. The molecule has 1 aromatic heterocycles. The zero-order chi connectivity index (χ0) is 22.7. The molecule has 4 rings (SSSR count). The molecule has 0 unspecified atom stereocenters. The van der Waals surface area contributed by atoms with Crippen LogP contribution in [0.25, 0.3) is 22.4 Å². The molecular weight excluding hydrogens is 409 g/mol. The molecule has 0 fully saturated rings. The van der Waals surface area contributed by atoms with E-state index in [4.69, 9.17) is 15.2 Å². The maximum absolute atomic E-state index is 13.1. The van der Waals surface area contributed by atoms with Gasteiger partial charge in [-0.15, -0.1) is 0 Å². The molecule has 0 saturated heterocycles. The summed E-state index contributed by atoms with van der Waals surface area (Å²) in [7, 11) is 1.61. The van der Waals surface area contributed by atoms with E-state index in [1.165, 1.54) is 18.2 Å². The highest BCUT2D eigenvalue weighted by atomic mass is 19.1. The third-order valence-corrected chi connectivity index (χ3v) is 5.03. The lowest BCUT2D eigenvalue weighted by atomic mass is 9.97. The van der Waals surface area contributed by atoms with Gasteiger partial charge in [0, 0.05) is 17.2 Å². The summed E-state index contributed by atoms with van der Waals surface area (Å²) in [6.07, 6.45) is 0. The van der Waals surface area contributed by atoms with Crippen LogP contribution >= 0.6 is 0 Å². The molecule has 162 valence electrons. The lowest BCUT2D eigenvalue weighted by Crippen LogP contribution is -2.03. The van der Waals surface area contributed by atoms with E-state index in [1.54, 1.807) is 31.4 Å². The van der Waals surface area contributed by atoms with Gasteiger partial charge in [0.2, 0.25) is 5.95 Å². The van der Waals surface area contributed by atoms with E-state index in [-0.39, 0.29) is 24.1 Å². The quantitative estimate of drug-likeness (QED) is 0.440. The van der Waals surface area contributed by atoms with Crippen molar-refractivity contribution in [3.8, 4) is 39.6 Å². The zero-order valence-electron chi connectivity index (χ0n) is 17.7. The number of ether oxygens (including phenoxy) is 2. The Balaban J connectivity index is 1.67. The molecule has 3 N–H and O–H groups in total. The largest absolute Gasteiger partial charge is 0.507 e. The molecule has 0 aliphatic rings. The third-order valence-electron chi connectivity index (χ3n) is 5.03. The first kappa shape index (κ1) is 21.1. The number of nitrogens with two attached hydrogens (primary N) is 1. The summed E-state index contributed by atoms with van der Waals surface area (Å²) in [5.41, 5.74) is 10.1. The molecule has 0 amide bonds. The predicted octanol–water partition coefficient (Wildman–Crippen LogP) is 5.13. The minimum atomic E-state index is -0.303. The molecule has 4 aromatic rings. The number of phenolic OH excluding ortho intramolecular Hbond substituents is 1. The molecule has 0 bridgehead atoms. The molecule has 3 aromatic carbocycles. The third kappa shape index (κ3) is 4.46. The smallest absolute Gasteiger partial charge is 0.220 e. The normalized spacial score (nSPS) is 10.7. The van der Waals surface area contributed by atoms with Crippen LogP contribution < -0.4 is 15.2 Å². The number of benzene rings is 3. The Labute approximate surface area is 185 Å². The zero-order valence-corrected chi connectivity index (χ0v) is 17.7. The summed E-state index contributed by atoms with van der Waals surface area (Å²) in [5.74, 6) is 1.01. The van der Waals surface area contributed by atoms with Crippen LogP contribution in [0.3, 0.4) is 0 Å². The average Bonchev–Trinajstić information content (AvgIpc) is 2.78. The highest BCUT2D eigenvalue weighted by Gasteiger charge is 2.18. The number of nitrogen functional groups attached to an aromatic ring is 1. The van der Waals surface area contributed by atoms with Crippen LogP contribution in [0.15, 0.2) is 66.7 Å². The lowest BCUT2D eigenvalue weighted by Gasteiger charge is -2.15. The van der Waals surface area contributed by atoms with Crippen LogP contribution in [-0.4, -0.2) is 22.2 Å². The van der Waals surface area contributed by atoms with Crippen LogP contribution in [0, 0.1) is 12.7 Å². The van der Waals surface area contributed by atoms with Crippen molar-refractivity contribution in [2.75, 3.05) is 12.8 Å². The molecule has 7 heteroatoms. The number of rotatable bonds is 6. The molecule has 0 aliphatic carbocycles. The fourth-order valence-corrected chi connectivity index (χ4v) is 3.44. The monoisotopic (exact) mass is 431 g/mol. The second-order valence-electron chi connectivity index (χ2n) is 7.21. The minimum Gasteiger partial charge on any atom is -0.507 e. The first-order chi connectivity index (χ1) is 15.4. The summed E-state index contributed by atoms with van der Waals surface area (Å²) < 4.78 is 24.0. The fraction of sp³-hybridized carbons (Fsp3) is 0.120. The number of nitrogens with zero attached hydrogens (tertiary/aromatic N) is 2. The molecule has 0 radical (unpaired) electrons. The Morgan fingerprint density at radius 3 is 2.28 bits per heavy atom. The van der Waals surface area contributed by atoms with Crippen LogP contribution in [-0.2, 0) is 6.61 Å². The molecule has 32 heavy (non-hydrogen) atoms. The number of phenols is 1. The van der Waals surface area contributed by atoms with Gasteiger partial charge >= 0.3 is 0 Å². The molecule has 6 nitrogen and oxygen atoms in total. The Kier molecular flexibility index (Phi) is 5.89. The predicted molar refractivity (Wildman–Crippen MR) is 121 cm³/mol. The van der Waals surface area contributed by atoms with Crippen molar-refractivity contribution >= 4 is 5.95 Å². The maximum atomic E-state index is 13.1. The van der Waals surface area contributed by atoms with Gasteiger partial charge in [-0.3, -0.25) is 0 Å². The number of anilines is 1. The molecule has 0 saturated carbocycles. The number of aryl methyl sites for hydroxylation is 1. The molecule has 0 aliphatic heterocycles. The number of aromatic nitrogens is 2. The van der Waals surface area contributed by atoms with Gasteiger partial charge in [-0.2, -0.15) is 0 Å². The molecule has 1 heterocycles. The SMILES string of the molecule is COc1ccc(-c2c(C)nc(N)nc2-c2ccc(OCc3ccc(F)cc3)cc2O)cc1. The highest BCUT2D eigenvalue weighted by Crippen LogP contribution is 2.39. The van der Waals surface area contributed by atoms with Crippen LogP contribution in [0.4, 0.5) is 10.3 Å². The van der Waals surface area contributed by atoms with Crippen molar-refractivity contribution in [1.82, 2.24) is 9.97 Å². The van der Waals surface area contributed by atoms with Gasteiger partial charge in [-0.25, -0.2) is 14.4 Å². The van der Waals surface area contributed by atoms with E-state index in [0.29, 0.717) is 22.7 Å². The van der Waals surface area contributed by atoms with E-state index in [2.05, 4.69) is 9.97 Å². The molecular formula is C25H22FN3O3. The van der Waals surface area contributed by atoms with E-state index in [0.717, 1.165) is 22.4 Å². The number of methoxy groups -OCH3 is 1. The van der Waals surface area contributed by atoms with E-state index < -0.39 is 0 Å². The number of hydrogen-bond acceptors (Lipinski definition) is 6. The van der Waals surface area contributed by atoms with E-state index >= 15 is 0 Å². The van der Waals surface area contributed by atoms with Crippen molar-refractivity contribution in [1.29, 1.82) is 0 Å². The average molecular weight is 431 g/mol. The first-order valence-corrected chi connectivity index (χ1v) is 9.94. The van der Waals surface area contributed by atoms with Crippen LogP contribution in [0.1, 0.15) is 11.3 Å². The van der Waals surface area contributed by atoms with Gasteiger partial charge in [0.05, 0.1) is 18.5 Å². The van der Waals surface area contributed by atoms with Gasteiger partial charge < -0.3 is 20.3 Å². The van der Waals surface area contributed by atoms with Gasteiger partial charge in [-0.1, -0.05) is 24.3 Å². The second kappa shape index (κ2) is 8.93. The Morgan fingerprint density at radius 1 is 0.938 bits per heavy atom. The Bertz CT molecular complexity index is 1240. The van der Waals surface area contributed by atoms with Crippen molar-refractivity contribution in [2.24, 2.45) is 0 Å². The summed E-state index contributed by atoms with van der Waals surface area (Å²) in [5, 5.41) is 10.8. The highest BCUT2D eigenvalue weighted by molar-refractivity contribution is 5.85. The molecule has 0 spiro atoms. The summed E-state index contributed by atoms with van der Waals surface area (Å²) >= 11 is 0. The fourth-order valence-electron chi connectivity index (χ4n) is 3.44. The lowest BCUT2D eigenvalue weighted by molar-refractivity contribution is 0.304. The topological polar surface area (TPSA) is 90.5 Å². The Hall–Kier alpha value is -4.13. The van der Waals surface area contributed by atoms with Crippen molar-refractivity contribution in [3.05, 3.63) is 83.8 Å². The standard InChI is InChI=1S/C25H22FN3O3/c1-15-23(17-5-9-19(31-2)10-6-17)24(29-25(27)28-15)21-12-11-20(13-22(21)30)32-14-16-3-7-18(26)8-4-16/h3-13,30H,14H2,1-2H3,(H2,27,28,29). The minimum absolute atomic E-state index is 0.00568. The first-order valence-electron chi connectivity index (χ1n) is 9.94. The molecule has 0 atom stereocenters. The Morgan fingerprint density at radius 2 is 1.62 bits per heavy atom. The second-order valence-corrected chi connectivity index (χ2v) is 7.21. The van der Waals surface area contributed by atoms with E-state index in [9.17, 15) is 9.50 Å². The summed E-state index contributed by atoms with van der Waals surface area (Å²) in [6, 6.07) is 18.5. The van der Waals surface area contributed by atoms with Gasteiger partial charge in [0.15, 0.2) is 0 Å². The van der Waals surface area contributed by atoms with Crippen molar-refractivity contribution < 1.29 is 19.0 Å². The number of aromatic hydroxyl groups is 1. The van der Waals surface area contributed by atoms with Crippen molar-refractivity contribution in [2.45, 2.75) is 13.5 Å². The van der Waals surface area contributed by atoms with Gasteiger partial charge in [0.1, 0.15) is 29.7 Å². The summed E-state index contributed by atoms with van der Waals surface area (Å²) in [4.78, 5) is 8.71. The van der Waals surface area contributed by atoms with Crippen molar-refractivity contribution in [3.63, 3.8) is 0 Å². The summed E-state index contributed by atoms with van der Waals surface area (Å²) in [6.45, 7) is 2.09. The van der Waals surface area contributed by atoms with Gasteiger partial charge in [-0.05, 0) is 54.4 Å². The van der Waals surface area contributed by atoms with Crippen LogP contribution in [0.2, 0.25) is 0 Å². The van der Waals surface area contributed by atoms with E-state index in [1.807, 2.05) is 31.2 Å². The van der Waals surface area contributed by atoms with Gasteiger partial charge in [0.25, 0.3) is 0 Å². The van der Waals surface area contributed by atoms with Crippen LogP contribution in [0.5, 0.6) is 17.2 Å². The number of halogens is 1. The number of hydrogen-bond donors (Lipinski definition) is 2.